The molecule has 0 saturated carbocycles. The van der Waals surface area contributed by atoms with Crippen LogP contribution in [0.5, 0.6) is 0 Å². The van der Waals surface area contributed by atoms with Crippen molar-refractivity contribution >= 4 is 6.29 Å². The van der Waals surface area contributed by atoms with E-state index in [4.69, 9.17) is 9.47 Å². The third kappa shape index (κ3) is 2.72. The van der Waals surface area contributed by atoms with Crippen molar-refractivity contribution in [2.24, 2.45) is 0 Å². The van der Waals surface area contributed by atoms with Gasteiger partial charge in [0.15, 0.2) is 6.79 Å². The molecule has 0 aromatic rings. The summed E-state index contributed by atoms with van der Waals surface area (Å²) in [5.74, 6) is 0.490. The molecule has 0 bridgehead atoms. The number of allylic oxidation sites excluding steroid dienone is 3. The number of hydrogen-bond donors (Lipinski definition) is 0. The molecule has 0 spiro atoms. The summed E-state index contributed by atoms with van der Waals surface area (Å²) in [6.07, 6.45) is 5.73. The molecule has 0 aromatic heterocycles. The van der Waals surface area contributed by atoms with Crippen LogP contribution in [-0.4, -0.2) is 19.7 Å². The second kappa shape index (κ2) is 4.51. The molecule has 0 radical (unpaired) electrons. The van der Waals surface area contributed by atoms with Gasteiger partial charge in [0, 0.05) is 5.57 Å². The number of carbonyl (C=O) groups excluding carboxylic acids is 1. The van der Waals surface area contributed by atoms with E-state index in [-0.39, 0.29) is 6.79 Å². The van der Waals surface area contributed by atoms with Crippen molar-refractivity contribution < 1.29 is 14.3 Å². The maximum absolute atomic E-state index is 10.4. The average Bonchev–Trinajstić information content (AvgIpc) is 2.17. The standard InChI is InChI=1S/C9H10O3/c1-8-2-3-9(6-10)4-5-11-7-12-8/h2-4,6H,1,5,7H2/b3-2-,9-4+. The topological polar surface area (TPSA) is 35.5 Å². The smallest absolute Gasteiger partial charge is 0.189 e. The van der Waals surface area contributed by atoms with E-state index in [0.717, 1.165) is 6.29 Å². The van der Waals surface area contributed by atoms with Crippen LogP contribution in [0.25, 0.3) is 0 Å². The Bertz CT molecular complexity index is 238. The van der Waals surface area contributed by atoms with Crippen LogP contribution in [0.1, 0.15) is 0 Å². The number of rotatable bonds is 1. The van der Waals surface area contributed by atoms with Crippen molar-refractivity contribution in [3.05, 3.63) is 36.1 Å². The normalized spacial score (nSPS) is 25.3. The molecule has 3 heteroatoms. The first-order valence-corrected chi connectivity index (χ1v) is 3.56. The zero-order valence-corrected chi connectivity index (χ0v) is 6.66. The highest BCUT2D eigenvalue weighted by Gasteiger charge is 1.95. The lowest BCUT2D eigenvalue weighted by molar-refractivity contribution is -0.104. The highest BCUT2D eigenvalue weighted by Crippen LogP contribution is 2.03. The summed E-state index contributed by atoms with van der Waals surface area (Å²) >= 11 is 0. The van der Waals surface area contributed by atoms with Gasteiger partial charge in [-0.05, 0) is 18.2 Å². The molecule has 0 unspecified atom stereocenters. The molecule has 1 aliphatic rings. The van der Waals surface area contributed by atoms with E-state index in [1.807, 2.05) is 0 Å². The van der Waals surface area contributed by atoms with Crippen molar-refractivity contribution in [2.75, 3.05) is 13.4 Å². The van der Waals surface area contributed by atoms with Crippen molar-refractivity contribution in [3.63, 3.8) is 0 Å². The van der Waals surface area contributed by atoms with Crippen LogP contribution in [0, 0.1) is 0 Å². The van der Waals surface area contributed by atoms with Gasteiger partial charge in [0.1, 0.15) is 12.0 Å². The molecule has 0 fully saturated rings. The fraction of sp³-hybridized carbons (Fsp3) is 0.222. The van der Waals surface area contributed by atoms with E-state index < -0.39 is 0 Å². The highest BCUT2D eigenvalue weighted by molar-refractivity contribution is 5.77. The van der Waals surface area contributed by atoms with E-state index in [1.54, 1.807) is 18.2 Å². The summed E-state index contributed by atoms with van der Waals surface area (Å²) in [7, 11) is 0. The van der Waals surface area contributed by atoms with Gasteiger partial charge in [0.05, 0.1) is 6.61 Å². The maximum atomic E-state index is 10.4. The van der Waals surface area contributed by atoms with Gasteiger partial charge in [-0.1, -0.05) is 6.58 Å². The summed E-state index contributed by atoms with van der Waals surface area (Å²) in [5, 5.41) is 0. The van der Waals surface area contributed by atoms with Gasteiger partial charge in [0.25, 0.3) is 0 Å². The fourth-order valence-corrected chi connectivity index (χ4v) is 0.713. The van der Waals surface area contributed by atoms with Gasteiger partial charge in [0.2, 0.25) is 0 Å². The molecule has 0 N–H and O–H groups in total. The van der Waals surface area contributed by atoms with Crippen LogP contribution in [0.3, 0.4) is 0 Å². The van der Waals surface area contributed by atoms with Crippen LogP contribution in [-0.2, 0) is 14.3 Å². The number of hydrogen-bond acceptors (Lipinski definition) is 3. The van der Waals surface area contributed by atoms with Gasteiger partial charge < -0.3 is 9.47 Å². The molecule has 1 heterocycles. The van der Waals surface area contributed by atoms with Gasteiger partial charge in [-0.25, -0.2) is 0 Å². The molecule has 64 valence electrons. The largest absolute Gasteiger partial charge is 0.468 e. The first-order chi connectivity index (χ1) is 5.83. The second-order valence-corrected chi connectivity index (χ2v) is 2.25. The van der Waals surface area contributed by atoms with E-state index in [2.05, 4.69) is 6.58 Å². The summed E-state index contributed by atoms with van der Waals surface area (Å²) in [4.78, 5) is 10.4. The molecular weight excluding hydrogens is 156 g/mol. The Labute approximate surface area is 71.0 Å². The van der Waals surface area contributed by atoms with E-state index >= 15 is 0 Å². The number of carbonyl (C=O) groups is 1. The second-order valence-electron chi connectivity index (χ2n) is 2.25. The third-order valence-corrected chi connectivity index (χ3v) is 1.36. The first kappa shape index (κ1) is 8.74. The minimum absolute atomic E-state index is 0.172. The van der Waals surface area contributed by atoms with E-state index in [9.17, 15) is 4.79 Å². The van der Waals surface area contributed by atoms with Crippen molar-refractivity contribution in [1.29, 1.82) is 0 Å². The number of ether oxygens (including phenoxy) is 2. The molecule has 0 saturated heterocycles. The average molecular weight is 166 g/mol. The Morgan fingerprint density at radius 3 is 3.08 bits per heavy atom. The molecule has 3 nitrogen and oxygen atoms in total. The zero-order valence-electron chi connectivity index (χ0n) is 6.66. The van der Waals surface area contributed by atoms with Crippen LogP contribution in [0.2, 0.25) is 0 Å². The molecule has 1 rings (SSSR count). The molecule has 0 atom stereocenters. The molecular formula is C9H10O3. The van der Waals surface area contributed by atoms with Gasteiger partial charge in [-0.3, -0.25) is 4.79 Å². The van der Waals surface area contributed by atoms with Gasteiger partial charge in [-0.2, -0.15) is 0 Å². The predicted molar refractivity (Wildman–Crippen MR) is 44.3 cm³/mol. The molecule has 0 aromatic carbocycles. The minimum Gasteiger partial charge on any atom is -0.468 e. The summed E-state index contributed by atoms with van der Waals surface area (Å²) in [6.45, 7) is 4.15. The summed E-state index contributed by atoms with van der Waals surface area (Å²) in [5.41, 5.74) is 0.571. The summed E-state index contributed by atoms with van der Waals surface area (Å²) in [6, 6.07) is 0. The van der Waals surface area contributed by atoms with Crippen LogP contribution in [0.15, 0.2) is 36.1 Å². The monoisotopic (exact) mass is 166 g/mol. The quantitative estimate of drug-likeness (QED) is 0.549. The lowest BCUT2D eigenvalue weighted by Gasteiger charge is -2.02. The Balaban J connectivity index is 2.70. The zero-order chi connectivity index (χ0) is 8.81. The molecule has 12 heavy (non-hydrogen) atoms. The van der Waals surface area contributed by atoms with Crippen LogP contribution >= 0.6 is 0 Å². The Morgan fingerprint density at radius 2 is 2.33 bits per heavy atom. The first-order valence-electron chi connectivity index (χ1n) is 3.56. The van der Waals surface area contributed by atoms with Crippen LogP contribution in [0.4, 0.5) is 0 Å². The lowest BCUT2D eigenvalue weighted by Crippen LogP contribution is -1.97. The SMILES string of the molecule is C=C1/C=C\C(C=O)=C/COCO1. The van der Waals surface area contributed by atoms with Crippen molar-refractivity contribution in [3.8, 4) is 0 Å². The highest BCUT2D eigenvalue weighted by atomic mass is 16.7. The van der Waals surface area contributed by atoms with Gasteiger partial charge in [-0.15, -0.1) is 0 Å². The van der Waals surface area contributed by atoms with Crippen molar-refractivity contribution in [2.45, 2.75) is 0 Å². The summed E-state index contributed by atoms with van der Waals surface area (Å²) < 4.78 is 10.0. The van der Waals surface area contributed by atoms with Crippen molar-refractivity contribution in [1.82, 2.24) is 0 Å². The Kier molecular flexibility index (Phi) is 3.29. The minimum atomic E-state index is 0.172. The van der Waals surface area contributed by atoms with E-state index in [0.29, 0.717) is 17.9 Å². The van der Waals surface area contributed by atoms with Gasteiger partial charge >= 0.3 is 0 Å². The van der Waals surface area contributed by atoms with Crippen LogP contribution < -0.4 is 0 Å². The lowest BCUT2D eigenvalue weighted by atomic mass is 10.2. The Hall–Kier alpha value is -1.35. The fourth-order valence-electron chi connectivity index (χ4n) is 0.713. The Morgan fingerprint density at radius 1 is 1.50 bits per heavy atom. The maximum Gasteiger partial charge on any atom is 0.189 e. The van der Waals surface area contributed by atoms with E-state index in [1.165, 1.54) is 0 Å². The molecule has 0 aliphatic carbocycles. The third-order valence-electron chi connectivity index (χ3n) is 1.36. The molecule has 1 aliphatic heterocycles. The number of aldehydes is 1. The molecule has 0 amide bonds. The predicted octanol–water partition coefficient (Wildman–Crippen LogP) is 1.19.